The van der Waals surface area contributed by atoms with Gasteiger partial charge < -0.3 is 10.1 Å². The molecule has 0 spiro atoms. The van der Waals surface area contributed by atoms with E-state index >= 15 is 0 Å². The highest BCUT2D eigenvalue weighted by Gasteiger charge is 2.07. The lowest BCUT2D eigenvalue weighted by atomic mass is 10.2. The van der Waals surface area contributed by atoms with Gasteiger partial charge in [-0.2, -0.15) is 5.10 Å². The van der Waals surface area contributed by atoms with Gasteiger partial charge in [-0.25, -0.2) is 10.4 Å². The van der Waals surface area contributed by atoms with Crippen molar-refractivity contribution in [1.82, 2.24) is 10.4 Å². The monoisotopic (exact) mass is 424 g/mol. The van der Waals surface area contributed by atoms with Gasteiger partial charge in [-0.1, -0.05) is 42.5 Å². The minimum absolute atomic E-state index is 0.100. The van der Waals surface area contributed by atoms with E-state index in [9.17, 15) is 9.59 Å². The van der Waals surface area contributed by atoms with Crippen LogP contribution in [0.1, 0.15) is 16.1 Å². The largest absolute Gasteiger partial charge is 0.484 e. The lowest BCUT2D eigenvalue weighted by Crippen LogP contribution is -2.20. The van der Waals surface area contributed by atoms with E-state index in [-0.39, 0.29) is 12.5 Å². The molecule has 0 saturated carbocycles. The third-order valence-electron chi connectivity index (χ3n) is 4.52. The molecular formula is C25H20N4O3. The molecule has 0 fully saturated rings. The summed E-state index contributed by atoms with van der Waals surface area (Å²) in [6.07, 6.45) is 1.52. The van der Waals surface area contributed by atoms with Gasteiger partial charge >= 0.3 is 0 Å². The van der Waals surface area contributed by atoms with Gasteiger partial charge in [0.1, 0.15) is 11.4 Å². The predicted octanol–water partition coefficient (Wildman–Crippen LogP) is 4.02. The molecule has 32 heavy (non-hydrogen) atoms. The number of carbonyl (C=O) groups is 2. The molecule has 0 radical (unpaired) electrons. The molecule has 4 rings (SSSR count). The van der Waals surface area contributed by atoms with E-state index in [1.807, 2.05) is 48.5 Å². The molecule has 4 aromatic rings. The van der Waals surface area contributed by atoms with E-state index in [1.165, 1.54) is 6.21 Å². The third kappa shape index (κ3) is 5.54. The third-order valence-corrected chi connectivity index (χ3v) is 4.52. The van der Waals surface area contributed by atoms with Crippen molar-refractivity contribution in [3.05, 3.63) is 102 Å². The number of fused-ring (bicyclic) bond motifs is 1. The lowest BCUT2D eigenvalue weighted by molar-refractivity contribution is -0.118. The maximum Gasteiger partial charge on any atom is 0.289 e. The fourth-order valence-corrected chi connectivity index (χ4v) is 2.93. The Morgan fingerprint density at radius 3 is 2.44 bits per heavy atom. The molecule has 0 saturated heterocycles. The van der Waals surface area contributed by atoms with Gasteiger partial charge in [-0.15, -0.1) is 0 Å². The Morgan fingerprint density at radius 1 is 0.875 bits per heavy atom. The summed E-state index contributed by atoms with van der Waals surface area (Å²) in [5, 5.41) is 7.70. The topological polar surface area (TPSA) is 92.7 Å². The molecule has 1 heterocycles. The zero-order chi connectivity index (χ0) is 22.2. The number of amides is 2. The van der Waals surface area contributed by atoms with Crippen LogP contribution in [0.4, 0.5) is 5.69 Å². The first-order chi connectivity index (χ1) is 15.7. The van der Waals surface area contributed by atoms with E-state index < -0.39 is 5.91 Å². The zero-order valence-corrected chi connectivity index (χ0v) is 17.1. The second-order valence-corrected chi connectivity index (χ2v) is 6.86. The van der Waals surface area contributed by atoms with Crippen LogP contribution in [0.3, 0.4) is 0 Å². The zero-order valence-electron chi connectivity index (χ0n) is 17.1. The molecule has 3 aromatic carbocycles. The standard InChI is InChI=1S/C25H20N4O3/c30-24(27-20-7-2-1-3-8-20)17-32-21-13-10-18(11-14-21)16-26-29-25(31)23-15-12-19-6-4-5-9-22(19)28-23/h1-16H,17H2,(H,27,30)(H,29,31)/b26-16-. The molecule has 158 valence electrons. The molecule has 7 nitrogen and oxygen atoms in total. The highest BCUT2D eigenvalue weighted by molar-refractivity contribution is 5.95. The second kappa shape index (κ2) is 9.99. The number of nitrogens with zero attached hydrogens (tertiary/aromatic N) is 2. The molecule has 0 aliphatic carbocycles. The normalized spacial score (nSPS) is 10.8. The first-order valence-electron chi connectivity index (χ1n) is 9.94. The van der Waals surface area contributed by atoms with E-state index in [0.717, 1.165) is 16.5 Å². The number of benzene rings is 3. The number of para-hydroxylation sites is 2. The van der Waals surface area contributed by atoms with Crippen molar-refractivity contribution in [3.63, 3.8) is 0 Å². The first-order valence-corrected chi connectivity index (χ1v) is 9.94. The second-order valence-electron chi connectivity index (χ2n) is 6.86. The van der Waals surface area contributed by atoms with Gasteiger partial charge in [-0.3, -0.25) is 9.59 Å². The number of hydrazone groups is 1. The number of ether oxygens (including phenoxy) is 1. The van der Waals surface area contributed by atoms with Gasteiger partial charge in [0.25, 0.3) is 11.8 Å². The average Bonchev–Trinajstić information content (AvgIpc) is 2.84. The minimum Gasteiger partial charge on any atom is -0.484 e. The molecule has 1 aromatic heterocycles. The number of rotatable bonds is 7. The predicted molar refractivity (Wildman–Crippen MR) is 124 cm³/mol. The van der Waals surface area contributed by atoms with Crippen LogP contribution in [-0.4, -0.2) is 29.6 Å². The smallest absolute Gasteiger partial charge is 0.289 e. The highest BCUT2D eigenvalue weighted by Crippen LogP contribution is 2.13. The molecule has 0 bridgehead atoms. The first kappa shape index (κ1) is 20.7. The van der Waals surface area contributed by atoms with Gasteiger partial charge in [0.05, 0.1) is 11.7 Å². The average molecular weight is 424 g/mol. The number of nitrogens with one attached hydrogen (secondary N) is 2. The molecular weight excluding hydrogens is 404 g/mol. The Kier molecular flexibility index (Phi) is 6.48. The molecule has 0 unspecified atom stereocenters. The van der Waals surface area contributed by atoms with Crippen molar-refractivity contribution in [2.75, 3.05) is 11.9 Å². The van der Waals surface area contributed by atoms with Crippen molar-refractivity contribution in [1.29, 1.82) is 0 Å². The Hall–Kier alpha value is -4.52. The molecule has 0 atom stereocenters. The SMILES string of the molecule is O=C(COc1ccc(/C=N\NC(=O)c2ccc3ccccc3n2)cc1)Nc1ccccc1. The molecule has 2 amide bonds. The van der Waals surface area contributed by atoms with Crippen LogP contribution in [0, 0.1) is 0 Å². The number of aromatic nitrogens is 1. The summed E-state index contributed by atoms with van der Waals surface area (Å²) in [5.41, 5.74) is 4.99. The highest BCUT2D eigenvalue weighted by atomic mass is 16.5. The van der Waals surface area contributed by atoms with Crippen LogP contribution >= 0.6 is 0 Å². The van der Waals surface area contributed by atoms with Crippen LogP contribution in [0.2, 0.25) is 0 Å². The fraction of sp³-hybridized carbons (Fsp3) is 0.0400. The van der Waals surface area contributed by atoms with Crippen LogP contribution < -0.4 is 15.5 Å². The molecule has 7 heteroatoms. The minimum atomic E-state index is -0.392. The summed E-state index contributed by atoms with van der Waals surface area (Å²) < 4.78 is 5.50. The molecule has 0 aliphatic heterocycles. The quantitative estimate of drug-likeness (QED) is 0.346. The fourth-order valence-electron chi connectivity index (χ4n) is 2.93. The number of anilines is 1. The van der Waals surface area contributed by atoms with Gasteiger partial charge in [0, 0.05) is 11.1 Å². The van der Waals surface area contributed by atoms with E-state index in [4.69, 9.17) is 4.74 Å². The number of hydrogen-bond donors (Lipinski definition) is 2. The van der Waals surface area contributed by atoms with Gasteiger partial charge in [0.15, 0.2) is 6.61 Å². The maximum atomic E-state index is 12.3. The summed E-state index contributed by atoms with van der Waals surface area (Å²) in [5.74, 6) is -0.0852. The number of pyridine rings is 1. The molecule has 0 aliphatic rings. The Labute approximate surface area is 184 Å². The van der Waals surface area contributed by atoms with Crippen molar-refractivity contribution in [3.8, 4) is 5.75 Å². The van der Waals surface area contributed by atoms with Crippen molar-refractivity contribution in [2.24, 2.45) is 5.10 Å². The van der Waals surface area contributed by atoms with Crippen molar-refractivity contribution < 1.29 is 14.3 Å². The maximum absolute atomic E-state index is 12.3. The van der Waals surface area contributed by atoms with Gasteiger partial charge in [0.2, 0.25) is 0 Å². The summed E-state index contributed by atoms with van der Waals surface area (Å²) in [7, 11) is 0. The van der Waals surface area contributed by atoms with Gasteiger partial charge in [-0.05, 0) is 54.1 Å². The van der Waals surface area contributed by atoms with Crippen molar-refractivity contribution >= 4 is 34.6 Å². The van der Waals surface area contributed by atoms with Crippen LogP contribution in [0.15, 0.2) is 96.1 Å². The van der Waals surface area contributed by atoms with Crippen LogP contribution in [0.25, 0.3) is 10.9 Å². The summed E-state index contributed by atoms with van der Waals surface area (Å²) in [6, 6.07) is 27.3. The van der Waals surface area contributed by atoms with Crippen molar-refractivity contribution in [2.45, 2.75) is 0 Å². The number of carbonyl (C=O) groups excluding carboxylic acids is 2. The Morgan fingerprint density at radius 2 is 1.62 bits per heavy atom. The Bertz CT molecular complexity index is 1260. The summed E-state index contributed by atoms with van der Waals surface area (Å²) in [4.78, 5) is 28.6. The van der Waals surface area contributed by atoms with E-state index in [1.54, 1.807) is 42.5 Å². The molecule has 2 N–H and O–H groups in total. The van der Waals surface area contributed by atoms with Crippen LogP contribution in [-0.2, 0) is 4.79 Å². The van der Waals surface area contributed by atoms with Crippen LogP contribution in [0.5, 0.6) is 5.75 Å². The van der Waals surface area contributed by atoms with E-state index in [0.29, 0.717) is 17.1 Å². The lowest BCUT2D eigenvalue weighted by Gasteiger charge is -2.07. The number of hydrogen-bond acceptors (Lipinski definition) is 5. The summed E-state index contributed by atoms with van der Waals surface area (Å²) in [6.45, 7) is -0.100. The Balaban J connectivity index is 1.27. The van der Waals surface area contributed by atoms with E-state index in [2.05, 4.69) is 20.8 Å². The summed E-state index contributed by atoms with van der Waals surface area (Å²) >= 11 is 0.